The van der Waals surface area contributed by atoms with Gasteiger partial charge in [-0.05, 0) is 48.3 Å². The standard InChI is InChI=1S/C48H50ClF2N7O6/c49-28-42(59)39(20-11-23-54-48(52)53)56-47(64)41(25-32-14-5-2-6-15-32)57-46(63)40(24-31-12-3-1-4-13-31)55-43(60)21-22-44(61)58-29-35(26-33-16-7-9-18-37(33)50)45(62)36(30-58)27-34-17-8-10-19-38(34)51/h1-10,12-19,26-27,39-41H,11,20-25,28-30H2,(H,55,60)(H,56,64)(H,57,63)(H4,52,53,54)/t39-,40+,41-/m0/s1. The van der Waals surface area contributed by atoms with Crippen molar-refractivity contribution in [2.24, 2.45) is 16.5 Å². The van der Waals surface area contributed by atoms with Gasteiger partial charge in [0, 0.05) is 67.6 Å². The van der Waals surface area contributed by atoms with Crippen LogP contribution in [0.25, 0.3) is 12.2 Å². The lowest BCUT2D eigenvalue weighted by molar-refractivity contribution is -0.135. The Bertz CT molecular complexity index is 2320. The topological polar surface area (TPSA) is 206 Å². The van der Waals surface area contributed by atoms with Crippen LogP contribution >= 0.6 is 11.6 Å². The molecule has 1 saturated heterocycles. The van der Waals surface area contributed by atoms with Crippen LogP contribution in [0, 0.1) is 11.6 Å². The molecule has 0 aliphatic carbocycles. The summed E-state index contributed by atoms with van der Waals surface area (Å²) in [6.45, 7) is -0.181. The molecule has 4 aromatic rings. The van der Waals surface area contributed by atoms with Gasteiger partial charge in [0.05, 0.1) is 11.9 Å². The molecule has 1 heterocycles. The van der Waals surface area contributed by atoms with E-state index in [0.717, 1.165) is 0 Å². The lowest BCUT2D eigenvalue weighted by atomic mass is 9.93. The first-order chi connectivity index (χ1) is 30.8. The largest absolute Gasteiger partial charge is 0.370 e. The highest BCUT2D eigenvalue weighted by Crippen LogP contribution is 2.25. The van der Waals surface area contributed by atoms with Gasteiger partial charge in [0.1, 0.15) is 23.7 Å². The molecule has 3 atom stereocenters. The van der Waals surface area contributed by atoms with E-state index in [2.05, 4.69) is 20.9 Å². The molecule has 1 aliphatic rings. The number of nitrogens with one attached hydrogen (secondary N) is 3. The molecule has 64 heavy (non-hydrogen) atoms. The van der Waals surface area contributed by atoms with Crippen LogP contribution in [0.3, 0.4) is 0 Å². The molecule has 0 bridgehead atoms. The summed E-state index contributed by atoms with van der Waals surface area (Å²) in [6, 6.07) is 26.0. The first-order valence-corrected chi connectivity index (χ1v) is 21.2. The Hall–Kier alpha value is -7.00. The molecule has 7 N–H and O–H groups in total. The third-order valence-corrected chi connectivity index (χ3v) is 10.6. The van der Waals surface area contributed by atoms with Gasteiger partial charge < -0.3 is 32.3 Å². The second-order valence-electron chi connectivity index (χ2n) is 15.1. The molecule has 0 unspecified atom stereocenters. The lowest BCUT2D eigenvalue weighted by Crippen LogP contribution is -2.57. The van der Waals surface area contributed by atoms with Gasteiger partial charge in [-0.15, -0.1) is 11.6 Å². The Labute approximate surface area is 375 Å². The average Bonchev–Trinajstić information content (AvgIpc) is 3.29. The summed E-state index contributed by atoms with van der Waals surface area (Å²) < 4.78 is 29.4. The van der Waals surface area contributed by atoms with Crippen molar-refractivity contribution >= 4 is 64.9 Å². The third kappa shape index (κ3) is 14.5. The average molecular weight is 894 g/mol. The minimum atomic E-state index is -1.21. The number of nitrogens with zero attached hydrogens (tertiary/aromatic N) is 2. The summed E-state index contributed by atoms with van der Waals surface area (Å²) in [7, 11) is 0. The summed E-state index contributed by atoms with van der Waals surface area (Å²) in [5.74, 6) is -5.11. The van der Waals surface area contributed by atoms with Gasteiger partial charge in [0.25, 0.3) is 0 Å². The number of alkyl halides is 1. The molecular weight excluding hydrogens is 844 g/mol. The molecule has 0 spiro atoms. The number of amides is 4. The number of carbonyl (C=O) groups is 6. The van der Waals surface area contributed by atoms with Crippen LogP contribution in [-0.4, -0.2) is 89.7 Å². The normalized spacial score (nSPS) is 15.2. The van der Waals surface area contributed by atoms with Crippen molar-refractivity contribution in [3.63, 3.8) is 0 Å². The zero-order valence-electron chi connectivity index (χ0n) is 35.0. The molecule has 0 radical (unpaired) electrons. The number of halogens is 3. The Balaban J connectivity index is 1.33. The number of piperidine rings is 1. The number of nitrogens with two attached hydrogens (primary N) is 2. The molecule has 1 aliphatic heterocycles. The number of hydrogen-bond donors (Lipinski definition) is 5. The van der Waals surface area contributed by atoms with E-state index in [4.69, 9.17) is 23.1 Å². The monoisotopic (exact) mass is 893 g/mol. The van der Waals surface area contributed by atoms with Crippen LogP contribution in [-0.2, 0) is 41.6 Å². The molecule has 16 heteroatoms. The lowest BCUT2D eigenvalue weighted by Gasteiger charge is -2.30. The van der Waals surface area contributed by atoms with Gasteiger partial charge in [-0.2, -0.15) is 0 Å². The zero-order valence-corrected chi connectivity index (χ0v) is 35.7. The zero-order chi connectivity index (χ0) is 46.0. The number of guanidine groups is 1. The van der Waals surface area contributed by atoms with Crippen molar-refractivity contribution < 1.29 is 37.5 Å². The van der Waals surface area contributed by atoms with Gasteiger partial charge in [0.2, 0.25) is 23.6 Å². The predicted molar refractivity (Wildman–Crippen MR) is 241 cm³/mol. The Morgan fingerprint density at radius 1 is 0.672 bits per heavy atom. The van der Waals surface area contributed by atoms with E-state index in [0.29, 0.717) is 17.5 Å². The molecule has 0 saturated carbocycles. The fourth-order valence-corrected chi connectivity index (χ4v) is 7.18. The fraction of sp³-hybridized carbons (Fsp3) is 0.271. The number of hydrogen-bond acceptors (Lipinski definition) is 7. The van der Waals surface area contributed by atoms with Crippen LogP contribution < -0.4 is 27.4 Å². The summed E-state index contributed by atoms with van der Waals surface area (Å²) in [4.78, 5) is 87.2. The Morgan fingerprint density at radius 2 is 1.14 bits per heavy atom. The second kappa shape index (κ2) is 24.0. The number of likely N-dealkylation sites (tertiary alicyclic amines) is 1. The van der Waals surface area contributed by atoms with E-state index in [-0.39, 0.29) is 85.9 Å². The molecule has 5 rings (SSSR count). The molecule has 4 aromatic carbocycles. The number of carbonyl (C=O) groups excluding carboxylic acids is 6. The quantitative estimate of drug-likeness (QED) is 0.0282. The first kappa shape index (κ1) is 48.0. The fourth-order valence-electron chi connectivity index (χ4n) is 6.99. The van der Waals surface area contributed by atoms with E-state index in [1.807, 2.05) is 0 Å². The summed E-state index contributed by atoms with van der Waals surface area (Å²) >= 11 is 5.89. The highest BCUT2D eigenvalue weighted by atomic mass is 35.5. The molecule has 334 valence electrons. The van der Waals surface area contributed by atoms with Crippen LogP contribution in [0.1, 0.15) is 47.9 Å². The Kier molecular flexibility index (Phi) is 18.0. The highest BCUT2D eigenvalue weighted by Gasteiger charge is 2.32. The highest BCUT2D eigenvalue weighted by molar-refractivity contribution is 6.28. The summed E-state index contributed by atoms with van der Waals surface area (Å²) in [5.41, 5.74) is 12.7. The van der Waals surface area contributed by atoms with Gasteiger partial charge in [-0.1, -0.05) is 97.1 Å². The third-order valence-electron chi connectivity index (χ3n) is 10.3. The molecular formula is C48H50ClF2N7O6. The van der Waals surface area contributed by atoms with Crippen molar-refractivity contribution in [3.05, 3.63) is 154 Å². The number of ketones is 2. The maximum Gasteiger partial charge on any atom is 0.243 e. The first-order valence-electron chi connectivity index (χ1n) is 20.7. The smallest absolute Gasteiger partial charge is 0.243 e. The van der Waals surface area contributed by atoms with Crippen LogP contribution in [0.2, 0.25) is 0 Å². The van der Waals surface area contributed by atoms with E-state index in [1.54, 1.807) is 72.8 Å². The van der Waals surface area contributed by atoms with Crippen molar-refractivity contribution in [3.8, 4) is 0 Å². The summed E-state index contributed by atoms with van der Waals surface area (Å²) in [6.07, 6.45) is 2.58. The van der Waals surface area contributed by atoms with Crippen LogP contribution in [0.5, 0.6) is 0 Å². The van der Waals surface area contributed by atoms with E-state index < -0.39 is 65.0 Å². The van der Waals surface area contributed by atoms with Gasteiger partial charge in [-0.25, -0.2) is 8.78 Å². The summed E-state index contributed by atoms with van der Waals surface area (Å²) in [5, 5.41) is 8.23. The maximum absolute atomic E-state index is 14.7. The van der Waals surface area contributed by atoms with Gasteiger partial charge in [0.15, 0.2) is 17.5 Å². The van der Waals surface area contributed by atoms with Crippen LogP contribution in [0.15, 0.2) is 125 Å². The maximum atomic E-state index is 14.7. The number of benzene rings is 4. The van der Waals surface area contributed by atoms with Gasteiger partial charge >= 0.3 is 0 Å². The second-order valence-corrected chi connectivity index (χ2v) is 15.4. The van der Waals surface area contributed by atoms with E-state index in [9.17, 15) is 37.5 Å². The minimum absolute atomic E-state index is 0.0207. The molecule has 13 nitrogen and oxygen atoms in total. The SMILES string of the molecule is NC(N)=NCCC[C@H](NC(=O)[C@H](Cc1ccccc1)NC(=O)[C@@H](Cc1ccccc1)NC(=O)CCC(=O)N1CC(=Cc2ccccc2F)C(=O)C(=Cc2ccccc2F)C1)C(=O)CCl. The van der Waals surface area contributed by atoms with Crippen molar-refractivity contribution in [1.82, 2.24) is 20.9 Å². The minimum Gasteiger partial charge on any atom is -0.370 e. The number of rotatable bonds is 20. The Morgan fingerprint density at radius 3 is 1.62 bits per heavy atom. The van der Waals surface area contributed by atoms with Crippen molar-refractivity contribution in [1.29, 1.82) is 0 Å². The van der Waals surface area contributed by atoms with Crippen molar-refractivity contribution in [2.75, 3.05) is 25.5 Å². The number of Topliss-reactive ketones (excluding diaryl/α,β-unsaturated/α-hetero) is 2. The number of aliphatic imine (C=N–C) groups is 1. The van der Waals surface area contributed by atoms with Crippen LogP contribution in [0.4, 0.5) is 8.78 Å². The molecule has 0 aromatic heterocycles. The molecule has 4 amide bonds. The van der Waals surface area contributed by atoms with Crippen molar-refractivity contribution in [2.45, 2.75) is 56.7 Å². The molecule has 1 fully saturated rings. The predicted octanol–water partition coefficient (Wildman–Crippen LogP) is 4.42. The van der Waals surface area contributed by atoms with E-state index >= 15 is 0 Å². The van der Waals surface area contributed by atoms with Gasteiger partial charge in [-0.3, -0.25) is 33.8 Å². The van der Waals surface area contributed by atoms with E-state index in [1.165, 1.54) is 53.5 Å².